The third-order valence-corrected chi connectivity index (χ3v) is 3.78. The van der Waals surface area contributed by atoms with E-state index in [1.807, 2.05) is 19.1 Å². The number of benzene rings is 1. The van der Waals surface area contributed by atoms with E-state index in [4.69, 9.17) is 9.47 Å². The Balaban J connectivity index is 1.85. The second-order valence-electron chi connectivity index (χ2n) is 5.65. The second kappa shape index (κ2) is 7.25. The largest absolute Gasteiger partial charge is 0.462 e. The van der Waals surface area contributed by atoms with Crippen LogP contribution in [0.4, 0.5) is 0 Å². The third kappa shape index (κ3) is 4.59. The highest BCUT2D eigenvalue weighted by Crippen LogP contribution is 2.22. The zero-order chi connectivity index (χ0) is 15.2. The van der Waals surface area contributed by atoms with E-state index in [1.165, 1.54) is 13.3 Å². The Kier molecular flexibility index (Phi) is 5.37. The van der Waals surface area contributed by atoms with Crippen LogP contribution in [0, 0.1) is 12.8 Å². The average Bonchev–Trinajstić information content (AvgIpc) is 2.49. The molecule has 0 amide bonds. The van der Waals surface area contributed by atoms with E-state index >= 15 is 0 Å². The quantitative estimate of drug-likeness (QED) is 0.484. The first-order chi connectivity index (χ1) is 10.1. The number of carbonyl (C=O) groups is 2. The van der Waals surface area contributed by atoms with Gasteiger partial charge in [-0.15, -0.1) is 0 Å². The minimum Gasteiger partial charge on any atom is -0.462 e. The maximum atomic E-state index is 12.0. The first-order valence-corrected chi connectivity index (χ1v) is 7.55. The normalized spacial score (nSPS) is 17.0. The second-order valence-corrected chi connectivity index (χ2v) is 5.65. The number of ether oxygens (including phenoxy) is 2. The Morgan fingerprint density at radius 3 is 2.29 bits per heavy atom. The van der Waals surface area contributed by atoms with Gasteiger partial charge in [-0.05, 0) is 51.7 Å². The number of esters is 2. The van der Waals surface area contributed by atoms with Gasteiger partial charge in [0.25, 0.3) is 0 Å². The van der Waals surface area contributed by atoms with E-state index in [1.54, 1.807) is 12.1 Å². The summed E-state index contributed by atoms with van der Waals surface area (Å²) in [6.07, 6.45) is 5.11. The molecule has 0 radical (unpaired) electrons. The smallest absolute Gasteiger partial charge is 0.325 e. The van der Waals surface area contributed by atoms with Crippen LogP contribution >= 0.6 is 0 Å². The van der Waals surface area contributed by atoms with Crippen LogP contribution in [0.25, 0.3) is 0 Å². The predicted octanol–water partition coefficient (Wildman–Crippen LogP) is 3.41. The molecule has 0 aliphatic heterocycles. The zero-order valence-electron chi connectivity index (χ0n) is 12.6. The van der Waals surface area contributed by atoms with Crippen LogP contribution in [0.3, 0.4) is 0 Å². The van der Waals surface area contributed by atoms with Gasteiger partial charge in [0.1, 0.15) is 11.9 Å². The highest BCUT2D eigenvalue weighted by atomic mass is 16.6. The highest BCUT2D eigenvalue weighted by Gasteiger charge is 2.28. The summed E-state index contributed by atoms with van der Waals surface area (Å²) in [5.41, 5.74) is 1.08. The summed E-state index contributed by atoms with van der Waals surface area (Å²) in [6.45, 7) is 3.48. The third-order valence-electron chi connectivity index (χ3n) is 3.78. The van der Waals surface area contributed by atoms with Gasteiger partial charge in [0.05, 0.1) is 0 Å². The van der Waals surface area contributed by atoms with E-state index in [-0.39, 0.29) is 6.10 Å². The van der Waals surface area contributed by atoms with Crippen LogP contribution in [0.1, 0.15) is 44.6 Å². The first-order valence-electron chi connectivity index (χ1n) is 7.55. The van der Waals surface area contributed by atoms with Crippen molar-refractivity contribution in [3.8, 4) is 5.75 Å². The van der Waals surface area contributed by atoms with Gasteiger partial charge in [0.15, 0.2) is 5.92 Å². The summed E-state index contributed by atoms with van der Waals surface area (Å²) in [6, 6.07) is 7.14. The lowest BCUT2D eigenvalue weighted by Gasteiger charge is -2.23. The molecule has 2 rings (SSSR count). The molecule has 0 bridgehead atoms. The van der Waals surface area contributed by atoms with Crippen molar-refractivity contribution in [1.82, 2.24) is 0 Å². The Labute approximate surface area is 125 Å². The molecule has 1 aromatic rings. The van der Waals surface area contributed by atoms with Gasteiger partial charge >= 0.3 is 11.9 Å². The van der Waals surface area contributed by atoms with Crippen molar-refractivity contribution in [1.29, 1.82) is 0 Å². The van der Waals surface area contributed by atoms with Gasteiger partial charge < -0.3 is 9.47 Å². The average molecular weight is 290 g/mol. The molecule has 1 saturated carbocycles. The minimum absolute atomic E-state index is 0.0409. The van der Waals surface area contributed by atoms with Crippen LogP contribution in [0.15, 0.2) is 24.3 Å². The molecule has 0 aromatic heterocycles. The van der Waals surface area contributed by atoms with E-state index in [2.05, 4.69) is 0 Å². The lowest BCUT2D eigenvalue weighted by atomic mass is 9.97. The molecule has 1 aromatic carbocycles. The lowest BCUT2D eigenvalue weighted by Crippen LogP contribution is -2.31. The molecule has 0 N–H and O–H groups in total. The predicted molar refractivity (Wildman–Crippen MR) is 78.9 cm³/mol. The van der Waals surface area contributed by atoms with Gasteiger partial charge in [0.2, 0.25) is 0 Å². The van der Waals surface area contributed by atoms with Gasteiger partial charge in [0, 0.05) is 0 Å². The summed E-state index contributed by atoms with van der Waals surface area (Å²) in [5, 5.41) is 0. The summed E-state index contributed by atoms with van der Waals surface area (Å²) < 4.78 is 10.6. The molecule has 0 spiro atoms. The zero-order valence-corrected chi connectivity index (χ0v) is 12.6. The standard InChI is InChI=1S/C17H22O4/c1-12-8-10-15(11-9-12)21-17(19)13(2)16(18)20-14-6-4-3-5-7-14/h8-11,13-14H,3-7H2,1-2H3. The maximum Gasteiger partial charge on any atom is 0.325 e. The number of carbonyl (C=O) groups excluding carboxylic acids is 2. The molecule has 1 fully saturated rings. The molecule has 1 atom stereocenters. The topological polar surface area (TPSA) is 52.6 Å². The molecular weight excluding hydrogens is 268 g/mol. The van der Waals surface area contributed by atoms with Crippen molar-refractivity contribution in [3.63, 3.8) is 0 Å². The number of aryl methyl sites for hydroxylation is 1. The molecule has 1 unspecified atom stereocenters. The molecule has 0 saturated heterocycles. The molecule has 1 aliphatic carbocycles. The van der Waals surface area contributed by atoms with Gasteiger partial charge in [-0.25, -0.2) is 0 Å². The molecule has 1 aliphatic rings. The fourth-order valence-electron chi connectivity index (χ4n) is 2.36. The van der Waals surface area contributed by atoms with Crippen molar-refractivity contribution in [3.05, 3.63) is 29.8 Å². The Morgan fingerprint density at radius 2 is 1.67 bits per heavy atom. The number of rotatable bonds is 4. The van der Waals surface area contributed by atoms with E-state index in [9.17, 15) is 9.59 Å². The van der Waals surface area contributed by atoms with Crippen molar-refractivity contribution in [2.24, 2.45) is 5.92 Å². The summed E-state index contributed by atoms with van der Waals surface area (Å²) in [5.74, 6) is -1.50. The van der Waals surface area contributed by atoms with Crippen LogP contribution in [-0.4, -0.2) is 18.0 Å². The maximum absolute atomic E-state index is 12.0. The number of hydrogen-bond donors (Lipinski definition) is 0. The van der Waals surface area contributed by atoms with Gasteiger partial charge in [-0.2, -0.15) is 0 Å². The van der Waals surface area contributed by atoms with E-state index in [0.717, 1.165) is 31.2 Å². The Bertz CT molecular complexity index is 486. The van der Waals surface area contributed by atoms with Crippen LogP contribution < -0.4 is 4.74 Å². The van der Waals surface area contributed by atoms with Crippen LogP contribution in [-0.2, 0) is 14.3 Å². The van der Waals surface area contributed by atoms with Crippen molar-refractivity contribution < 1.29 is 19.1 Å². The van der Waals surface area contributed by atoms with Gasteiger partial charge in [-0.3, -0.25) is 9.59 Å². The fourth-order valence-corrected chi connectivity index (χ4v) is 2.36. The van der Waals surface area contributed by atoms with Gasteiger partial charge in [-0.1, -0.05) is 24.1 Å². The minimum atomic E-state index is -0.895. The number of hydrogen-bond acceptors (Lipinski definition) is 4. The highest BCUT2D eigenvalue weighted by molar-refractivity contribution is 5.95. The monoisotopic (exact) mass is 290 g/mol. The Hall–Kier alpha value is -1.84. The molecule has 4 nitrogen and oxygen atoms in total. The van der Waals surface area contributed by atoms with E-state index in [0.29, 0.717) is 5.75 Å². The molecule has 114 valence electrons. The summed E-state index contributed by atoms with van der Waals surface area (Å²) >= 11 is 0. The van der Waals surface area contributed by atoms with E-state index < -0.39 is 17.9 Å². The fraction of sp³-hybridized carbons (Fsp3) is 0.529. The van der Waals surface area contributed by atoms with Crippen molar-refractivity contribution in [2.45, 2.75) is 52.1 Å². The molecular formula is C17H22O4. The lowest BCUT2D eigenvalue weighted by molar-refractivity contribution is -0.161. The first kappa shape index (κ1) is 15.5. The molecule has 21 heavy (non-hydrogen) atoms. The Morgan fingerprint density at radius 1 is 1.05 bits per heavy atom. The molecule has 4 heteroatoms. The summed E-state index contributed by atoms with van der Waals surface area (Å²) in [7, 11) is 0. The molecule has 0 heterocycles. The van der Waals surface area contributed by atoms with Crippen molar-refractivity contribution in [2.75, 3.05) is 0 Å². The van der Waals surface area contributed by atoms with Crippen LogP contribution in [0.2, 0.25) is 0 Å². The summed E-state index contributed by atoms with van der Waals surface area (Å²) in [4.78, 5) is 23.9. The SMILES string of the molecule is Cc1ccc(OC(=O)C(C)C(=O)OC2CCCCC2)cc1. The van der Waals surface area contributed by atoms with Crippen LogP contribution in [0.5, 0.6) is 5.75 Å². The van der Waals surface area contributed by atoms with Crippen molar-refractivity contribution >= 4 is 11.9 Å².